The first kappa shape index (κ1) is 17.3. The number of amides is 1. The van der Waals surface area contributed by atoms with Crippen molar-refractivity contribution in [2.24, 2.45) is 0 Å². The number of nitrogens with one attached hydrogen (secondary N) is 1. The van der Waals surface area contributed by atoms with E-state index in [2.05, 4.69) is 20.8 Å². The lowest BCUT2D eigenvalue weighted by molar-refractivity contribution is 0.102. The Morgan fingerprint density at radius 1 is 0.897 bits per heavy atom. The van der Waals surface area contributed by atoms with E-state index in [0.29, 0.717) is 11.2 Å². The summed E-state index contributed by atoms with van der Waals surface area (Å²) in [6.07, 6.45) is 0. The van der Waals surface area contributed by atoms with Crippen LogP contribution in [-0.4, -0.2) is 30.9 Å². The molecule has 0 aliphatic carbocycles. The van der Waals surface area contributed by atoms with Crippen LogP contribution in [0, 0.1) is 0 Å². The fourth-order valence-electron chi connectivity index (χ4n) is 2.96. The van der Waals surface area contributed by atoms with Crippen LogP contribution in [0.3, 0.4) is 0 Å². The van der Waals surface area contributed by atoms with Crippen molar-refractivity contribution in [3.63, 3.8) is 0 Å². The first-order chi connectivity index (χ1) is 14.3. The maximum Gasteiger partial charge on any atom is 0.255 e. The molecule has 0 bridgehead atoms. The third kappa shape index (κ3) is 3.41. The highest BCUT2D eigenvalue weighted by molar-refractivity contribution is 7.99. The largest absolute Gasteiger partial charge is 0.322 e. The van der Waals surface area contributed by atoms with Crippen LogP contribution in [0.1, 0.15) is 10.4 Å². The van der Waals surface area contributed by atoms with Crippen molar-refractivity contribution < 1.29 is 4.79 Å². The number of para-hydroxylation sites is 2. The molecule has 0 saturated carbocycles. The molecule has 0 aliphatic heterocycles. The molecular weight excluding hydrogens is 384 g/mol. The molecule has 5 rings (SSSR count). The SMILES string of the molecule is O=C(Nc1ccc(Sc2nc3ccccc3n3nnnc23)cc1)c1ccccc1. The predicted molar refractivity (Wildman–Crippen MR) is 111 cm³/mol. The minimum atomic E-state index is -0.140. The van der Waals surface area contributed by atoms with Crippen molar-refractivity contribution in [1.82, 2.24) is 25.0 Å². The number of carbonyl (C=O) groups is 1. The van der Waals surface area contributed by atoms with Crippen LogP contribution in [0.5, 0.6) is 0 Å². The molecular formula is C21H14N6OS. The minimum Gasteiger partial charge on any atom is -0.322 e. The summed E-state index contributed by atoms with van der Waals surface area (Å²) in [7, 11) is 0. The summed E-state index contributed by atoms with van der Waals surface area (Å²) < 4.78 is 1.69. The van der Waals surface area contributed by atoms with Gasteiger partial charge in [-0.05, 0) is 59.0 Å². The molecule has 0 radical (unpaired) electrons. The Bertz CT molecular complexity index is 1320. The average Bonchev–Trinajstić information content (AvgIpc) is 3.26. The van der Waals surface area contributed by atoms with Gasteiger partial charge in [0.1, 0.15) is 5.03 Å². The van der Waals surface area contributed by atoms with Crippen LogP contribution in [-0.2, 0) is 0 Å². The molecule has 5 aromatic rings. The Morgan fingerprint density at radius 2 is 1.66 bits per heavy atom. The summed E-state index contributed by atoms with van der Waals surface area (Å²) in [6.45, 7) is 0. The van der Waals surface area contributed by atoms with Crippen molar-refractivity contribution in [2.45, 2.75) is 9.92 Å². The van der Waals surface area contributed by atoms with E-state index in [9.17, 15) is 4.79 Å². The van der Waals surface area contributed by atoms with Crippen LogP contribution < -0.4 is 5.32 Å². The molecule has 1 N–H and O–H groups in total. The van der Waals surface area contributed by atoms with E-state index < -0.39 is 0 Å². The Hall–Kier alpha value is -3.78. The first-order valence-corrected chi connectivity index (χ1v) is 9.71. The number of fused-ring (bicyclic) bond motifs is 3. The van der Waals surface area contributed by atoms with E-state index in [4.69, 9.17) is 4.98 Å². The number of rotatable bonds is 4. The van der Waals surface area contributed by atoms with Crippen LogP contribution in [0.25, 0.3) is 16.7 Å². The lowest BCUT2D eigenvalue weighted by Crippen LogP contribution is -2.11. The topological polar surface area (TPSA) is 85.1 Å². The van der Waals surface area contributed by atoms with Crippen molar-refractivity contribution in [3.05, 3.63) is 84.4 Å². The quantitative estimate of drug-likeness (QED) is 0.491. The first-order valence-electron chi connectivity index (χ1n) is 8.89. The summed E-state index contributed by atoms with van der Waals surface area (Å²) in [5.41, 5.74) is 3.63. The van der Waals surface area contributed by atoms with Gasteiger partial charge >= 0.3 is 0 Å². The molecule has 0 spiro atoms. The number of hydrogen-bond donors (Lipinski definition) is 1. The van der Waals surface area contributed by atoms with E-state index in [-0.39, 0.29) is 5.91 Å². The summed E-state index contributed by atoms with van der Waals surface area (Å²) in [6, 6.07) is 24.4. The fourth-order valence-corrected chi connectivity index (χ4v) is 3.82. The molecule has 7 nitrogen and oxygen atoms in total. The third-order valence-corrected chi connectivity index (χ3v) is 5.33. The minimum absolute atomic E-state index is 0.140. The van der Waals surface area contributed by atoms with Crippen LogP contribution in [0.2, 0.25) is 0 Å². The Morgan fingerprint density at radius 3 is 2.48 bits per heavy atom. The van der Waals surface area contributed by atoms with Crippen molar-refractivity contribution >= 4 is 40.0 Å². The number of aromatic nitrogens is 5. The normalized spacial score (nSPS) is 11.0. The van der Waals surface area contributed by atoms with Crippen molar-refractivity contribution in [3.8, 4) is 0 Å². The van der Waals surface area contributed by atoms with E-state index >= 15 is 0 Å². The Labute approximate surface area is 169 Å². The molecule has 140 valence electrons. The van der Waals surface area contributed by atoms with Gasteiger partial charge in [-0.3, -0.25) is 4.79 Å². The van der Waals surface area contributed by atoms with Gasteiger partial charge in [0.2, 0.25) is 5.65 Å². The van der Waals surface area contributed by atoms with Gasteiger partial charge in [0, 0.05) is 16.1 Å². The molecule has 0 atom stereocenters. The number of nitrogens with zero attached hydrogens (tertiary/aromatic N) is 5. The van der Waals surface area contributed by atoms with Gasteiger partial charge in [0.25, 0.3) is 5.91 Å². The molecule has 1 amide bonds. The molecule has 29 heavy (non-hydrogen) atoms. The highest BCUT2D eigenvalue weighted by atomic mass is 32.2. The van der Waals surface area contributed by atoms with Gasteiger partial charge in [0.15, 0.2) is 0 Å². The van der Waals surface area contributed by atoms with Gasteiger partial charge in [0.05, 0.1) is 11.0 Å². The maximum atomic E-state index is 12.3. The summed E-state index contributed by atoms with van der Waals surface area (Å²) in [4.78, 5) is 18.0. The second-order valence-corrected chi connectivity index (χ2v) is 7.33. The molecule has 0 saturated heterocycles. The number of carbonyl (C=O) groups excluding carboxylic acids is 1. The maximum absolute atomic E-state index is 12.3. The van der Waals surface area contributed by atoms with E-state index in [1.807, 2.05) is 66.7 Å². The molecule has 3 aromatic carbocycles. The third-order valence-electron chi connectivity index (χ3n) is 4.36. The number of hydrogen-bond acceptors (Lipinski definition) is 6. The summed E-state index contributed by atoms with van der Waals surface area (Å²) in [5, 5.41) is 15.6. The molecule has 0 fully saturated rings. The lowest BCUT2D eigenvalue weighted by Gasteiger charge is -2.07. The molecule has 8 heteroatoms. The zero-order chi connectivity index (χ0) is 19.6. The van der Waals surface area contributed by atoms with Gasteiger partial charge in [-0.15, -0.1) is 5.10 Å². The van der Waals surface area contributed by atoms with Crippen LogP contribution >= 0.6 is 11.8 Å². The van der Waals surface area contributed by atoms with Crippen LogP contribution in [0.15, 0.2) is 88.8 Å². The van der Waals surface area contributed by atoms with E-state index in [0.717, 1.165) is 26.6 Å². The molecule has 2 heterocycles. The zero-order valence-corrected chi connectivity index (χ0v) is 15.9. The van der Waals surface area contributed by atoms with Gasteiger partial charge in [-0.25, -0.2) is 4.98 Å². The highest BCUT2D eigenvalue weighted by Crippen LogP contribution is 2.31. The molecule has 0 aliphatic rings. The predicted octanol–water partition coefficient (Wildman–Crippen LogP) is 4.08. The number of tetrazole rings is 1. The second kappa shape index (κ2) is 7.33. The number of benzene rings is 3. The Balaban J connectivity index is 1.40. The Kier molecular flexibility index (Phi) is 4.38. The standard InChI is InChI=1S/C21H14N6OS/c28-20(14-6-2-1-3-7-14)22-15-10-12-16(13-11-15)29-21-19-24-25-26-27(19)18-9-5-4-8-17(18)23-21/h1-13H,(H,22,28). The van der Waals surface area contributed by atoms with Crippen molar-refractivity contribution in [1.29, 1.82) is 0 Å². The average molecular weight is 398 g/mol. The lowest BCUT2D eigenvalue weighted by atomic mass is 10.2. The summed E-state index contributed by atoms with van der Waals surface area (Å²) in [5.74, 6) is -0.140. The van der Waals surface area contributed by atoms with E-state index in [1.165, 1.54) is 11.8 Å². The van der Waals surface area contributed by atoms with Gasteiger partial charge in [-0.1, -0.05) is 42.1 Å². The molecule has 2 aromatic heterocycles. The zero-order valence-electron chi connectivity index (χ0n) is 15.1. The monoisotopic (exact) mass is 398 g/mol. The fraction of sp³-hybridized carbons (Fsp3) is 0. The van der Waals surface area contributed by atoms with Gasteiger partial charge < -0.3 is 5.32 Å². The smallest absolute Gasteiger partial charge is 0.255 e. The van der Waals surface area contributed by atoms with Crippen molar-refractivity contribution in [2.75, 3.05) is 5.32 Å². The second-order valence-electron chi connectivity index (χ2n) is 6.27. The van der Waals surface area contributed by atoms with E-state index in [1.54, 1.807) is 16.6 Å². The summed E-state index contributed by atoms with van der Waals surface area (Å²) >= 11 is 1.47. The number of anilines is 1. The van der Waals surface area contributed by atoms with Gasteiger partial charge in [-0.2, -0.15) is 4.52 Å². The molecule has 0 unspecified atom stereocenters. The highest BCUT2D eigenvalue weighted by Gasteiger charge is 2.13. The van der Waals surface area contributed by atoms with Crippen LogP contribution in [0.4, 0.5) is 5.69 Å².